The van der Waals surface area contributed by atoms with Gasteiger partial charge in [0.15, 0.2) is 0 Å². The van der Waals surface area contributed by atoms with Gasteiger partial charge in [0.2, 0.25) is 0 Å². The Labute approximate surface area is 85.4 Å². The summed E-state index contributed by atoms with van der Waals surface area (Å²) in [5.41, 5.74) is 2.24. The van der Waals surface area contributed by atoms with Crippen molar-refractivity contribution in [1.29, 1.82) is 0 Å². The Balaban J connectivity index is 2.34. The highest BCUT2D eigenvalue weighted by molar-refractivity contribution is 5.37. The molecule has 1 aliphatic rings. The summed E-state index contributed by atoms with van der Waals surface area (Å²) < 4.78 is 5.98. The van der Waals surface area contributed by atoms with E-state index in [1.165, 1.54) is 5.56 Å². The Hall–Kier alpha value is -1.24. The predicted octanol–water partition coefficient (Wildman–Crippen LogP) is 3.35. The zero-order chi connectivity index (χ0) is 10.2. The van der Waals surface area contributed by atoms with Crippen molar-refractivity contribution in [3.8, 4) is 5.75 Å². The summed E-state index contributed by atoms with van der Waals surface area (Å²) >= 11 is 0. The third-order valence-corrected chi connectivity index (χ3v) is 3.08. The zero-order valence-corrected chi connectivity index (χ0v) is 8.84. The van der Waals surface area contributed by atoms with Gasteiger partial charge in [-0.15, -0.1) is 0 Å². The number of hydrogen-bond acceptors (Lipinski definition) is 1. The molecule has 1 aromatic rings. The first kappa shape index (κ1) is 9.32. The maximum absolute atomic E-state index is 5.98. The molecule has 0 fully saturated rings. The molecule has 1 aliphatic heterocycles. The first-order chi connectivity index (χ1) is 6.62. The van der Waals surface area contributed by atoms with Crippen LogP contribution in [0.25, 0.3) is 0 Å². The molecule has 0 saturated heterocycles. The number of aryl methyl sites for hydroxylation is 1. The SMILES string of the molecule is C=C(C)[C@@]1(C)CCc2ccccc2O1. The molecule has 0 radical (unpaired) electrons. The van der Waals surface area contributed by atoms with Crippen LogP contribution in [0.5, 0.6) is 5.75 Å². The molecule has 0 N–H and O–H groups in total. The molecule has 14 heavy (non-hydrogen) atoms. The van der Waals surface area contributed by atoms with Crippen LogP contribution < -0.4 is 4.74 Å². The number of benzene rings is 1. The lowest BCUT2D eigenvalue weighted by molar-refractivity contribution is 0.102. The number of hydrogen-bond donors (Lipinski definition) is 0. The van der Waals surface area contributed by atoms with Crippen molar-refractivity contribution in [2.24, 2.45) is 0 Å². The quantitative estimate of drug-likeness (QED) is 0.614. The monoisotopic (exact) mass is 188 g/mol. The topological polar surface area (TPSA) is 9.23 Å². The number of rotatable bonds is 1. The fraction of sp³-hybridized carbons (Fsp3) is 0.385. The lowest BCUT2D eigenvalue weighted by Crippen LogP contribution is -2.37. The van der Waals surface area contributed by atoms with Crippen molar-refractivity contribution in [1.82, 2.24) is 0 Å². The third-order valence-electron chi connectivity index (χ3n) is 3.08. The van der Waals surface area contributed by atoms with Gasteiger partial charge in [-0.2, -0.15) is 0 Å². The fourth-order valence-electron chi connectivity index (χ4n) is 1.78. The van der Waals surface area contributed by atoms with Crippen LogP contribution in [-0.4, -0.2) is 5.60 Å². The zero-order valence-electron chi connectivity index (χ0n) is 8.84. The van der Waals surface area contributed by atoms with Crippen LogP contribution in [0.1, 0.15) is 25.8 Å². The van der Waals surface area contributed by atoms with Gasteiger partial charge < -0.3 is 4.74 Å². The van der Waals surface area contributed by atoms with Gasteiger partial charge in [0, 0.05) is 0 Å². The smallest absolute Gasteiger partial charge is 0.127 e. The van der Waals surface area contributed by atoms with E-state index in [-0.39, 0.29) is 5.60 Å². The average Bonchev–Trinajstić information content (AvgIpc) is 2.17. The van der Waals surface area contributed by atoms with E-state index in [9.17, 15) is 0 Å². The maximum atomic E-state index is 5.98. The van der Waals surface area contributed by atoms with E-state index in [4.69, 9.17) is 4.74 Å². The second kappa shape index (κ2) is 3.16. The van der Waals surface area contributed by atoms with Crippen molar-refractivity contribution in [3.05, 3.63) is 42.0 Å². The Morgan fingerprint density at radius 2 is 2.14 bits per heavy atom. The summed E-state index contributed by atoms with van der Waals surface area (Å²) in [6.07, 6.45) is 2.11. The van der Waals surface area contributed by atoms with E-state index in [1.807, 2.05) is 19.1 Å². The molecular formula is C13H16O. The molecule has 0 aliphatic carbocycles. The summed E-state index contributed by atoms with van der Waals surface area (Å²) in [6, 6.07) is 8.25. The predicted molar refractivity (Wildman–Crippen MR) is 58.6 cm³/mol. The normalized spacial score (nSPS) is 25.0. The summed E-state index contributed by atoms with van der Waals surface area (Å²) in [6.45, 7) is 8.15. The Kier molecular flexibility index (Phi) is 2.10. The summed E-state index contributed by atoms with van der Waals surface area (Å²) in [5.74, 6) is 1.02. The Bertz CT molecular complexity index is 367. The number of ether oxygens (including phenoxy) is 1. The minimum atomic E-state index is -0.172. The largest absolute Gasteiger partial charge is 0.483 e. The standard InChI is InChI=1S/C13H16O/c1-10(2)13(3)9-8-11-6-4-5-7-12(11)14-13/h4-7H,1,8-9H2,2-3H3/t13-/m1/s1. The summed E-state index contributed by atoms with van der Waals surface area (Å²) in [5, 5.41) is 0. The third kappa shape index (κ3) is 1.43. The van der Waals surface area contributed by atoms with Crippen molar-refractivity contribution < 1.29 is 4.74 Å². The van der Waals surface area contributed by atoms with Crippen LogP contribution in [0.2, 0.25) is 0 Å². The number of fused-ring (bicyclic) bond motifs is 1. The highest BCUT2D eigenvalue weighted by Crippen LogP contribution is 2.36. The lowest BCUT2D eigenvalue weighted by atomic mass is 9.88. The van der Waals surface area contributed by atoms with E-state index in [0.717, 1.165) is 24.2 Å². The first-order valence-corrected chi connectivity index (χ1v) is 5.05. The summed E-state index contributed by atoms with van der Waals surface area (Å²) in [4.78, 5) is 0. The van der Waals surface area contributed by atoms with Crippen molar-refractivity contribution in [3.63, 3.8) is 0 Å². The van der Waals surface area contributed by atoms with Crippen LogP contribution in [0.4, 0.5) is 0 Å². The van der Waals surface area contributed by atoms with Crippen molar-refractivity contribution >= 4 is 0 Å². The van der Waals surface area contributed by atoms with Gasteiger partial charge in [-0.3, -0.25) is 0 Å². The van der Waals surface area contributed by atoms with E-state index >= 15 is 0 Å². The second-order valence-corrected chi connectivity index (χ2v) is 4.22. The van der Waals surface area contributed by atoms with Crippen LogP contribution in [0.3, 0.4) is 0 Å². The number of para-hydroxylation sites is 1. The van der Waals surface area contributed by atoms with Crippen LogP contribution >= 0.6 is 0 Å². The molecule has 1 aromatic carbocycles. The highest BCUT2D eigenvalue weighted by Gasteiger charge is 2.31. The molecule has 74 valence electrons. The van der Waals surface area contributed by atoms with E-state index in [1.54, 1.807) is 0 Å². The molecule has 0 aromatic heterocycles. The molecule has 1 atom stereocenters. The summed E-state index contributed by atoms with van der Waals surface area (Å²) in [7, 11) is 0. The van der Waals surface area contributed by atoms with Crippen LogP contribution in [0, 0.1) is 0 Å². The molecule has 0 spiro atoms. The van der Waals surface area contributed by atoms with Gasteiger partial charge >= 0.3 is 0 Å². The van der Waals surface area contributed by atoms with Gasteiger partial charge in [-0.05, 0) is 43.9 Å². The molecule has 0 amide bonds. The molecule has 0 bridgehead atoms. The minimum Gasteiger partial charge on any atom is -0.483 e. The molecular weight excluding hydrogens is 172 g/mol. The van der Waals surface area contributed by atoms with Gasteiger partial charge in [0.05, 0.1) is 0 Å². The fourth-order valence-corrected chi connectivity index (χ4v) is 1.78. The van der Waals surface area contributed by atoms with Crippen LogP contribution in [0.15, 0.2) is 36.4 Å². The van der Waals surface area contributed by atoms with Gasteiger partial charge in [-0.1, -0.05) is 24.8 Å². The van der Waals surface area contributed by atoms with Crippen molar-refractivity contribution in [2.75, 3.05) is 0 Å². The van der Waals surface area contributed by atoms with Crippen molar-refractivity contribution in [2.45, 2.75) is 32.3 Å². The first-order valence-electron chi connectivity index (χ1n) is 5.05. The Morgan fingerprint density at radius 1 is 1.43 bits per heavy atom. The molecule has 1 heteroatoms. The molecule has 1 nitrogen and oxygen atoms in total. The van der Waals surface area contributed by atoms with E-state index in [2.05, 4.69) is 25.6 Å². The van der Waals surface area contributed by atoms with E-state index < -0.39 is 0 Å². The lowest BCUT2D eigenvalue weighted by Gasteiger charge is -2.36. The maximum Gasteiger partial charge on any atom is 0.127 e. The second-order valence-electron chi connectivity index (χ2n) is 4.22. The van der Waals surface area contributed by atoms with Crippen LogP contribution in [-0.2, 0) is 6.42 Å². The molecule has 0 unspecified atom stereocenters. The molecule has 0 saturated carbocycles. The van der Waals surface area contributed by atoms with Gasteiger partial charge in [0.25, 0.3) is 0 Å². The molecule has 1 heterocycles. The Morgan fingerprint density at radius 3 is 2.86 bits per heavy atom. The molecule has 2 rings (SSSR count). The van der Waals surface area contributed by atoms with Gasteiger partial charge in [-0.25, -0.2) is 0 Å². The minimum absolute atomic E-state index is 0.172. The highest BCUT2D eigenvalue weighted by atomic mass is 16.5. The van der Waals surface area contributed by atoms with Gasteiger partial charge in [0.1, 0.15) is 11.4 Å². The van der Waals surface area contributed by atoms with E-state index in [0.29, 0.717) is 0 Å². The average molecular weight is 188 g/mol.